The van der Waals surface area contributed by atoms with Crippen LogP contribution in [0.1, 0.15) is 36.1 Å². The predicted octanol–water partition coefficient (Wildman–Crippen LogP) is 2.48. The van der Waals surface area contributed by atoms with Gasteiger partial charge in [0.15, 0.2) is 0 Å². The van der Waals surface area contributed by atoms with Gasteiger partial charge in [-0.25, -0.2) is 0 Å². The van der Waals surface area contributed by atoms with Crippen LogP contribution in [0.5, 0.6) is 0 Å². The highest BCUT2D eigenvalue weighted by Crippen LogP contribution is 2.18. The highest BCUT2D eigenvalue weighted by molar-refractivity contribution is 7.10. The average molecular weight is 293 g/mol. The minimum atomic E-state index is 0.133. The summed E-state index contributed by atoms with van der Waals surface area (Å²) < 4.78 is 5.77. The molecule has 1 atom stereocenters. The Morgan fingerprint density at radius 3 is 3.15 bits per heavy atom. The molecule has 1 aliphatic rings. The first-order chi connectivity index (χ1) is 9.78. The van der Waals surface area contributed by atoms with Crippen LogP contribution in [-0.4, -0.2) is 42.9 Å². The van der Waals surface area contributed by atoms with Crippen molar-refractivity contribution in [2.24, 2.45) is 0 Å². The second kappa shape index (κ2) is 8.43. The van der Waals surface area contributed by atoms with Crippen molar-refractivity contribution in [3.8, 4) is 11.8 Å². The van der Waals surface area contributed by atoms with Gasteiger partial charge in [-0.1, -0.05) is 11.8 Å². The van der Waals surface area contributed by atoms with Gasteiger partial charge in [0, 0.05) is 41.9 Å². The van der Waals surface area contributed by atoms with E-state index in [2.05, 4.69) is 35.2 Å². The first-order valence-electron chi connectivity index (χ1n) is 7.25. The summed E-state index contributed by atoms with van der Waals surface area (Å²) in [5.74, 6) is 6.03. The third kappa shape index (κ3) is 5.26. The number of thiophene rings is 1. The van der Waals surface area contributed by atoms with Crippen molar-refractivity contribution in [2.45, 2.75) is 38.3 Å². The maximum atomic E-state index is 8.71. The molecule has 0 aliphatic carbocycles. The molecule has 2 heterocycles. The number of rotatable bonds is 5. The summed E-state index contributed by atoms with van der Waals surface area (Å²) in [6, 6.07) is 2.15. The molecule has 1 fully saturated rings. The van der Waals surface area contributed by atoms with Crippen LogP contribution in [0.15, 0.2) is 11.4 Å². The molecule has 1 aromatic heterocycles. The molecule has 0 radical (unpaired) electrons. The Morgan fingerprint density at radius 1 is 1.50 bits per heavy atom. The number of ether oxygens (including phenoxy) is 1. The number of hydrogen-bond acceptors (Lipinski definition) is 4. The second-order valence-corrected chi connectivity index (χ2v) is 6.26. The first kappa shape index (κ1) is 15.5. The van der Waals surface area contributed by atoms with E-state index in [0.29, 0.717) is 12.5 Å². The SMILES string of the molecule is CN(Cc1cc(C#CCCO)cs1)CC1CCCCO1. The molecule has 1 saturated heterocycles. The van der Waals surface area contributed by atoms with Crippen molar-refractivity contribution >= 4 is 11.3 Å². The molecule has 0 saturated carbocycles. The highest BCUT2D eigenvalue weighted by Gasteiger charge is 2.16. The molecule has 0 aromatic carbocycles. The van der Waals surface area contributed by atoms with Gasteiger partial charge in [-0.2, -0.15) is 0 Å². The summed E-state index contributed by atoms with van der Waals surface area (Å²) in [4.78, 5) is 3.66. The Hall–Kier alpha value is -0.860. The van der Waals surface area contributed by atoms with E-state index in [1.807, 2.05) is 0 Å². The molecule has 0 spiro atoms. The standard InChI is InChI=1S/C16H23NO2S/c1-17(11-15-7-3-5-9-19-15)12-16-10-14(13-20-16)6-2-4-8-18/h10,13,15,18H,3-5,7-9,11-12H2,1H3. The van der Waals surface area contributed by atoms with Crippen LogP contribution in [0.2, 0.25) is 0 Å². The van der Waals surface area contributed by atoms with Crippen LogP contribution in [0.3, 0.4) is 0 Å². The van der Waals surface area contributed by atoms with E-state index >= 15 is 0 Å². The van der Waals surface area contributed by atoms with Crippen LogP contribution in [-0.2, 0) is 11.3 Å². The molecule has 1 unspecified atom stereocenters. The molecular formula is C16H23NO2S. The van der Waals surface area contributed by atoms with Gasteiger partial charge in [0.05, 0.1) is 12.7 Å². The monoisotopic (exact) mass is 293 g/mol. The third-order valence-corrected chi connectivity index (χ3v) is 4.26. The van der Waals surface area contributed by atoms with Crippen molar-refractivity contribution in [1.29, 1.82) is 0 Å². The smallest absolute Gasteiger partial charge is 0.0702 e. The van der Waals surface area contributed by atoms with Gasteiger partial charge in [-0.15, -0.1) is 11.3 Å². The summed E-state index contributed by atoms with van der Waals surface area (Å²) in [5, 5.41) is 10.8. The molecule has 3 nitrogen and oxygen atoms in total. The molecule has 0 amide bonds. The average Bonchev–Trinajstić information content (AvgIpc) is 2.87. The maximum Gasteiger partial charge on any atom is 0.0702 e. The van der Waals surface area contributed by atoms with E-state index in [1.165, 1.54) is 24.1 Å². The lowest BCUT2D eigenvalue weighted by molar-refractivity contribution is -0.00245. The summed E-state index contributed by atoms with van der Waals surface area (Å²) >= 11 is 1.75. The van der Waals surface area contributed by atoms with Gasteiger partial charge in [0.2, 0.25) is 0 Å². The van der Waals surface area contributed by atoms with Crippen molar-refractivity contribution in [1.82, 2.24) is 4.90 Å². The van der Waals surface area contributed by atoms with Gasteiger partial charge < -0.3 is 9.84 Å². The van der Waals surface area contributed by atoms with Crippen molar-refractivity contribution < 1.29 is 9.84 Å². The fraction of sp³-hybridized carbons (Fsp3) is 0.625. The number of aliphatic hydroxyl groups excluding tert-OH is 1. The number of likely N-dealkylation sites (N-methyl/N-ethyl adjacent to an activating group) is 1. The lowest BCUT2D eigenvalue weighted by atomic mass is 10.1. The van der Waals surface area contributed by atoms with Gasteiger partial charge >= 0.3 is 0 Å². The van der Waals surface area contributed by atoms with Crippen LogP contribution < -0.4 is 0 Å². The topological polar surface area (TPSA) is 32.7 Å². The van der Waals surface area contributed by atoms with Crippen LogP contribution in [0.4, 0.5) is 0 Å². The molecule has 1 aliphatic heterocycles. The zero-order valence-electron chi connectivity index (χ0n) is 12.1. The molecule has 110 valence electrons. The first-order valence-corrected chi connectivity index (χ1v) is 8.13. The minimum Gasteiger partial charge on any atom is -0.395 e. The molecule has 20 heavy (non-hydrogen) atoms. The Morgan fingerprint density at radius 2 is 2.40 bits per heavy atom. The summed E-state index contributed by atoms with van der Waals surface area (Å²) in [6.45, 7) is 3.01. The van der Waals surface area contributed by atoms with Gasteiger partial charge in [-0.3, -0.25) is 4.90 Å². The van der Waals surface area contributed by atoms with Crippen LogP contribution in [0, 0.1) is 11.8 Å². The van der Waals surface area contributed by atoms with E-state index in [-0.39, 0.29) is 6.61 Å². The summed E-state index contributed by atoms with van der Waals surface area (Å²) in [7, 11) is 2.15. The molecule has 2 rings (SSSR count). The van der Waals surface area contributed by atoms with Crippen LogP contribution in [0.25, 0.3) is 0 Å². The zero-order chi connectivity index (χ0) is 14.2. The fourth-order valence-electron chi connectivity index (χ4n) is 2.38. The summed E-state index contributed by atoms with van der Waals surface area (Å²) in [5.41, 5.74) is 1.06. The lowest BCUT2D eigenvalue weighted by Gasteiger charge is -2.27. The fourth-order valence-corrected chi connectivity index (χ4v) is 3.27. The largest absolute Gasteiger partial charge is 0.395 e. The number of aliphatic hydroxyl groups is 1. The second-order valence-electron chi connectivity index (χ2n) is 5.26. The van der Waals surface area contributed by atoms with Crippen LogP contribution >= 0.6 is 11.3 Å². The molecule has 1 N–H and O–H groups in total. The Labute approximate surface area is 125 Å². The Bertz CT molecular complexity index is 455. The van der Waals surface area contributed by atoms with Crippen molar-refractivity contribution in [2.75, 3.05) is 26.8 Å². The highest BCUT2D eigenvalue weighted by atomic mass is 32.1. The quantitative estimate of drug-likeness (QED) is 0.847. The Kier molecular flexibility index (Phi) is 6.55. The van der Waals surface area contributed by atoms with E-state index in [0.717, 1.165) is 25.3 Å². The summed E-state index contributed by atoms with van der Waals surface area (Å²) in [6.07, 6.45) is 4.64. The maximum absolute atomic E-state index is 8.71. The van der Waals surface area contributed by atoms with Gasteiger partial charge in [-0.05, 0) is 32.4 Å². The van der Waals surface area contributed by atoms with Gasteiger partial charge in [0.25, 0.3) is 0 Å². The van der Waals surface area contributed by atoms with Crippen molar-refractivity contribution in [3.05, 3.63) is 21.9 Å². The van der Waals surface area contributed by atoms with E-state index < -0.39 is 0 Å². The normalized spacial score (nSPS) is 18.9. The van der Waals surface area contributed by atoms with Crippen molar-refractivity contribution in [3.63, 3.8) is 0 Å². The van der Waals surface area contributed by atoms with E-state index in [1.54, 1.807) is 11.3 Å². The predicted molar refractivity (Wildman–Crippen MR) is 82.8 cm³/mol. The Balaban J connectivity index is 1.79. The minimum absolute atomic E-state index is 0.133. The zero-order valence-corrected chi connectivity index (χ0v) is 12.9. The number of nitrogens with zero attached hydrogens (tertiary/aromatic N) is 1. The molecule has 0 bridgehead atoms. The third-order valence-electron chi connectivity index (χ3n) is 3.34. The lowest BCUT2D eigenvalue weighted by Crippen LogP contribution is -2.32. The molecule has 4 heteroatoms. The van der Waals surface area contributed by atoms with Gasteiger partial charge in [0.1, 0.15) is 0 Å². The van der Waals surface area contributed by atoms with E-state index in [9.17, 15) is 0 Å². The molecular weight excluding hydrogens is 270 g/mol. The van der Waals surface area contributed by atoms with E-state index in [4.69, 9.17) is 9.84 Å². The number of hydrogen-bond donors (Lipinski definition) is 1. The molecule has 1 aromatic rings.